The second kappa shape index (κ2) is 9.35. The van der Waals surface area contributed by atoms with Crippen molar-refractivity contribution in [2.45, 2.75) is 45.7 Å². The fraction of sp³-hybridized carbons (Fsp3) is 0.522. The summed E-state index contributed by atoms with van der Waals surface area (Å²) in [5.74, 6) is 4.03. The lowest BCUT2D eigenvalue weighted by molar-refractivity contribution is -0.121. The molecule has 4 rings (SSSR count). The molecule has 156 valence electrons. The van der Waals surface area contributed by atoms with E-state index in [0.29, 0.717) is 32.1 Å². The lowest BCUT2D eigenvalue weighted by atomic mass is 9.93. The van der Waals surface area contributed by atoms with Crippen LogP contribution in [0.15, 0.2) is 34.7 Å². The average Bonchev–Trinajstić information content (AvgIpc) is 3.16. The first-order valence-corrected chi connectivity index (χ1v) is 10.6. The third-order valence-corrected chi connectivity index (χ3v) is 5.65. The van der Waals surface area contributed by atoms with Gasteiger partial charge in [0.2, 0.25) is 5.91 Å². The standard InChI is InChI=1S/C23H30N2O4/c1-17-4-7-20(29-17)14-24-23(26)9-6-18-3-2-10-25(15-18)16-19-5-8-21-22(13-19)28-12-11-27-21/h4-5,7-8,13,18H,2-3,6,9-12,14-16H2,1H3,(H,24,26)/t18-/m1/s1. The van der Waals surface area contributed by atoms with E-state index in [1.54, 1.807) is 0 Å². The van der Waals surface area contributed by atoms with Gasteiger partial charge < -0.3 is 19.2 Å². The highest BCUT2D eigenvalue weighted by atomic mass is 16.6. The van der Waals surface area contributed by atoms with Gasteiger partial charge in [0.1, 0.15) is 24.7 Å². The molecule has 3 heterocycles. The zero-order valence-electron chi connectivity index (χ0n) is 17.1. The molecule has 6 heteroatoms. The van der Waals surface area contributed by atoms with E-state index in [0.717, 1.165) is 49.1 Å². The number of aryl methyl sites for hydroxylation is 1. The van der Waals surface area contributed by atoms with Gasteiger partial charge in [-0.1, -0.05) is 6.07 Å². The van der Waals surface area contributed by atoms with Gasteiger partial charge in [-0.2, -0.15) is 0 Å². The number of carbonyl (C=O) groups is 1. The van der Waals surface area contributed by atoms with Crippen LogP contribution in [-0.2, 0) is 17.9 Å². The molecule has 0 unspecified atom stereocenters. The Hall–Kier alpha value is -2.47. The first-order chi connectivity index (χ1) is 14.2. The molecule has 1 aromatic heterocycles. The van der Waals surface area contributed by atoms with Crippen LogP contribution in [0.4, 0.5) is 0 Å². The maximum atomic E-state index is 12.2. The molecule has 2 aromatic rings. The highest BCUT2D eigenvalue weighted by molar-refractivity contribution is 5.75. The third kappa shape index (κ3) is 5.54. The highest BCUT2D eigenvalue weighted by Gasteiger charge is 2.21. The largest absolute Gasteiger partial charge is 0.486 e. The number of fused-ring (bicyclic) bond motifs is 1. The number of ether oxygens (including phenoxy) is 2. The third-order valence-electron chi connectivity index (χ3n) is 5.65. The molecule has 0 aliphatic carbocycles. The topological polar surface area (TPSA) is 63.9 Å². The number of nitrogens with one attached hydrogen (secondary N) is 1. The molecule has 1 amide bonds. The Morgan fingerprint density at radius 1 is 1.17 bits per heavy atom. The van der Waals surface area contributed by atoms with E-state index in [4.69, 9.17) is 13.9 Å². The number of likely N-dealkylation sites (tertiary alicyclic amines) is 1. The zero-order chi connectivity index (χ0) is 20.1. The minimum absolute atomic E-state index is 0.100. The van der Waals surface area contributed by atoms with Crippen molar-refractivity contribution < 1.29 is 18.7 Å². The van der Waals surface area contributed by atoms with Gasteiger partial charge in [0.15, 0.2) is 11.5 Å². The fourth-order valence-electron chi connectivity index (χ4n) is 4.16. The second-order valence-corrected chi connectivity index (χ2v) is 8.05. The summed E-state index contributed by atoms with van der Waals surface area (Å²) in [4.78, 5) is 14.7. The van der Waals surface area contributed by atoms with Gasteiger partial charge in [-0.25, -0.2) is 0 Å². The molecule has 0 bridgehead atoms. The molecule has 0 radical (unpaired) electrons. The van der Waals surface area contributed by atoms with Crippen LogP contribution in [0.3, 0.4) is 0 Å². The SMILES string of the molecule is Cc1ccc(CNC(=O)CC[C@H]2CCCN(Cc3ccc4c(c3)OCCO4)C2)o1. The molecule has 2 aliphatic heterocycles. The molecule has 2 aliphatic rings. The summed E-state index contributed by atoms with van der Waals surface area (Å²) in [6, 6.07) is 10.1. The summed E-state index contributed by atoms with van der Waals surface area (Å²) >= 11 is 0. The van der Waals surface area contributed by atoms with Crippen molar-refractivity contribution in [3.63, 3.8) is 0 Å². The Bertz CT molecular complexity index is 832. The number of nitrogens with zero attached hydrogens (tertiary/aromatic N) is 1. The van der Waals surface area contributed by atoms with Crippen LogP contribution in [0.1, 0.15) is 42.8 Å². The number of amides is 1. The minimum Gasteiger partial charge on any atom is -0.486 e. The molecule has 29 heavy (non-hydrogen) atoms. The van der Waals surface area contributed by atoms with E-state index in [1.807, 2.05) is 25.1 Å². The number of benzene rings is 1. The molecule has 0 spiro atoms. The van der Waals surface area contributed by atoms with Crippen molar-refractivity contribution in [3.8, 4) is 11.5 Å². The van der Waals surface area contributed by atoms with Gasteiger partial charge in [0.05, 0.1) is 6.54 Å². The number of rotatable bonds is 7. The molecular formula is C23H30N2O4. The van der Waals surface area contributed by atoms with Gasteiger partial charge in [0.25, 0.3) is 0 Å². The molecule has 0 saturated carbocycles. The number of furan rings is 1. The van der Waals surface area contributed by atoms with Crippen molar-refractivity contribution in [1.82, 2.24) is 10.2 Å². The fourth-order valence-corrected chi connectivity index (χ4v) is 4.16. The summed E-state index contributed by atoms with van der Waals surface area (Å²) in [5, 5.41) is 2.96. The average molecular weight is 399 g/mol. The van der Waals surface area contributed by atoms with Gasteiger partial charge in [-0.05, 0) is 68.5 Å². The maximum absolute atomic E-state index is 12.2. The summed E-state index contributed by atoms with van der Waals surface area (Å²) in [7, 11) is 0. The molecule has 1 aromatic carbocycles. The Balaban J connectivity index is 1.21. The number of piperidine rings is 1. The summed E-state index contributed by atoms with van der Waals surface area (Å²) in [6.45, 7) is 6.67. The van der Waals surface area contributed by atoms with Crippen molar-refractivity contribution in [1.29, 1.82) is 0 Å². The predicted octanol–water partition coefficient (Wildman–Crippen LogP) is 3.67. The van der Waals surface area contributed by atoms with Crippen LogP contribution in [0.25, 0.3) is 0 Å². The first-order valence-electron chi connectivity index (χ1n) is 10.6. The molecule has 1 N–H and O–H groups in total. The Morgan fingerprint density at radius 2 is 2.03 bits per heavy atom. The lowest BCUT2D eigenvalue weighted by Crippen LogP contribution is -2.35. The minimum atomic E-state index is 0.100. The smallest absolute Gasteiger partial charge is 0.220 e. The second-order valence-electron chi connectivity index (χ2n) is 8.05. The van der Waals surface area contributed by atoms with E-state index in [9.17, 15) is 4.79 Å². The number of hydrogen-bond acceptors (Lipinski definition) is 5. The Labute approximate surface area is 172 Å². The quantitative estimate of drug-likeness (QED) is 0.771. The number of hydrogen-bond donors (Lipinski definition) is 1. The lowest BCUT2D eigenvalue weighted by Gasteiger charge is -2.33. The van der Waals surface area contributed by atoms with E-state index in [1.165, 1.54) is 18.4 Å². The van der Waals surface area contributed by atoms with Crippen molar-refractivity contribution in [2.75, 3.05) is 26.3 Å². The summed E-state index contributed by atoms with van der Waals surface area (Å²) in [5.41, 5.74) is 1.25. The van der Waals surface area contributed by atoms with E-state index in [2.05, 4.69) is 22.3 Å². The van der Waals surface area contributed by atoms with Crippen molar-refractivity contribution in [2.24, 2.45) is 5.92 Å². The molecule has 6 nitrogen and oxygen atoms in total. The van der Waals surface area contributed by atoms with Gasteiger partial charge >= 0.3 is 0 Å². The Morgan fingerprint density at radius 3 is 2.86 bits per heavy atom. The van der Waals surface area contributed by atoms with E-state index in [-0.39, 0.29) is 5.91 Å². The molecule has 1 atom stereocenters. The predicted molar refractivity (Wildman–Crippen MR) is 110 cm³/mol. The van der Waals surface area contributed by atoms with Gasteiger partial charge in [-0.3, -0.25) is 9.69 Å². The molecular weight excluding hydrogens is 368 g/mol. The molecule has 1 saturated heterocycles. The zero-order valence-corrected chi connectivity index (χ0v) is 17.1. The van der Waals surface area contributed by atoms with Crippen molar-refractivity contribution in [3.05, 3.63) is 47.4 Å². The van der Waals surface area contributed by atoms with Gasteiger partial charge in [-0.15, -0.1) is 0 Å². The van der Waals surface area contributed by atoms with Crippen LogP contribution in [0.5, 0.6) is 11.5 Å². The number of carbonyl (C=O) groups excluding carboxylic acids is 1. The van der Waals surface area contributed by atoms with E-state index >= 15 is 0 Å². The first kappa shape index (κ1) is 19.8. The monoisotopic (exact) mass is 398 g/mol. The summed E-state index contributed by atoms with van der Waals surface area (Å²) < 4.78 is 16.8. The van der Waals surface area contributed by atoms with Crippen LogP contribution < -0.4 is 14.8 Å². The van der Waals surface area contributed by atoms with Crippen LogP contribution in [0.2, 0.25) is 0 Å². The highest BCUT2D eigenvalue weighted by Crippen LogP contribution is 2.31. The van der Waals surface area contributed by atoms with Crippen molar-refractivity contribution >= 4 is 5.91 Å². The van der Waals surface area contributed by atoms with Crippen LogP contribution >= 0.6 is 0 Å². The maximum Gasteiger partial charge on any atom is 0.220 e. The van der Waals surface area contributed by atoms with Crippen LogP contribution in [-0.4, -0.2) is 37.1 Å². The summed E-state index contributed by atoms with van der Waals surface area (Å²) in [6.07, 6.45) is 3.88. The van der Waals surface area contributed by atoms with E-state index < -0.39 is 0 Å². The Kier molecular flexibility index (Phi) is 6.39. The van der Waals surface area contributed by atoms with Crippen LogP contribution in [0, 0.1) is 12.8 Å². The normalized spacial score (nSPS) is 19.1. The molecule has 1 fully saturated rings. The van der Waals surface area contributed by atoms with Gasteiger partial charge in [0, 0.05) is 19.5 Å².